The zero-order valence-corrected chi connectivity index (χ0v) is 13.8. The molecule has 0 aliphatic carbocycles. The Balaban J connectivity index is 1.94. The lowest BCUT2D eigenvalue weighted by Gasteiger charge is -2.10. The summed E-state index contributed by atoms with van der Waals surface area (Å²) in [5.41, 5.74) is 8.23. The molecule has 2 N–H and O–H groups in total. The molecule has 0 spiro atoms. The predicted molar refractivity (Wildman–Crippen MR) is 88.9 cm³/mol. The van der Waals surface area contributed by atoms with Crippen LogP contribution in [0.1, 0.15) is 49.4 Å². The third-order valence-electron chi connectivity index (χ3n) is 3.37. The second kappa shape index (κ2) is 7.57. The summed E-state index contributed by atoms with van der Waals surface area (Å²) < 4.78 is 5.84. The van der Waals surface area contributed by atoms with Gasteiger partial charge < -0.3 is 10.5 Å². The molecule has 0 radical (unpaired) electrons. The SMILES string of the molecule is CCC(N)Cc1cccc(OCc2csc(C(C)C)n2)c1. The Kier molecular flexibility index (Phi) is 5.76. The maximum absolute atomic E-state index is 6.00. The average Bonchev–Trinajstić information content (AvgIpc) is 2.94. The van der Waals surface area contributed by atoms with Crippen molar-refractivity contribution in [1.29, 1.82) is 0 Å². The lowest BCUT2D eigenvalue weighted by Crippen LogP contribution is -2.21. The molecule has 0 amide bonds. The van der Waals surface area contributed by atoms with Crippen molar-refractivity contribution in [2.75, 3.05) is 0 Å². The smallest absolute Gasteiger partial charge is 0.131 e. The minimum Gasteiger partial charge on any atom is -0.487 e. The fourth-order valence-corrected chi connectivity index (χ4v) is 2.84. The van der Waals surface area contributed by atoms with Crippen molar-refractivity contribution >= 4 is 11.3 Å². The highest BCUT2D eigenvalue weighted by atomic mass is 32.1. The molecule has 1 unspecified atom stereocenters. The number of hydrogen-bond acceptors (Lipinski definition) is 4. The van der Waals surface area contributed by atoms with E-state index in [1.54, 1.807) is 11.3 Å². The Bertz CT molecular complexity index is 565. The molecule has 0 fully saturated rings. The van der Waals surface area contributed by atoms with Gasteiger partial charge in [0.25, 0.3) is 0 Å². The van der Waals surface area contributed by atoms with E-state index in [9.17, 15) is 0 Å². The lowest BCUT2D eigenvalue weighted by atomic mass is 10.0. The number of rotatable bonds is 7. The Morgan fingerprint density at radius 3 is 2.81 bits per heavy atom. The molecule has 4 heteroatoms. The average molecular weight is 304 g/mol. The Morgan fingerprint density at radius 2 is 2.14 bits per heavy atom. The molecule has 3 nitrogen and oxygen atoms in total. The molecule has 0 aliphatic heterocycles. The molecule has 1 aromatic heterocycles. The molecule has 21 heavy (non-hydrogen) atoms. The molecule has 1 aromatic carbocycles. The summed E-state index contributed by atoms with van der Waals surface area (Å²) >= 11 is 1.70. The third kappa shape index (κ3) is 4.83. The number of thiazole rings is 1. The van der Waals surface area contributed by atoms with Gasteiger partial charge in [-0.2, -0.15) is 0 Å². The molecule has 0 saturated carbocycles. The quantitative estimate of drug-likeness (QED) is 0.837. The van der Waals surface area contributed by atoms with Crippen molar-refractivity contribution in [2.45, 2.75) is 52.2 Å². The monoisotopic (exact) mass is 304 g/mol. The topological polar surface area (TPSA) is 48.1 Å². The number of nitrogens with zero attached hydrogens (tertiary/aromatic N) is 1. The summed E-state index contributed by atoms with van der Waals surface area (Å²) in [5.74, 6) is 1.36. The van der Waals surface area contributed by atoms with E-state index in [2.05, 4.69) is 43.3 Å². The highest BCUT2D eigenvalue weighted by molar-refractivity contribution is 7.09. The zero-order chi connectivity index (χ0) is 15.2. The minimum absolute atomic E-state index is 0.215. The minimum atomic E-state index is 0.215. The normalized spacial score (nSPS) is 12.6. The van der Waals surface area contributed by atoms with E-state index in [0.29, 0.717) is 12.5 Å². The number of hydrogen-bond donors (Lipinski definition) is 1. The first-order valence-electron chi connectivity index (χ1n) is 7.50. The van der Waals surface area contributed by atoms with E-state index in [0.717, 1.165) is 29.3 Å². The fraction of sp³-hybridized carbons (Fsp3) is 0.471. The molecule has 1 atom stereocenters. The van der Waals surface area contributed by atoms with Crippen molar-refractivity contribution < 1.29 is 4.74 Å². The first-order chi connectivity index (χ1) is 10.1. The fourth-order valence-electron chi connectivity index (χ4n) is 2.02. The van der Waals surface area contributed by atoms with E-state index in [1.165, 1.54) is 5.56 Å². The van der Waals surface area contributed by atoms with Gasteiger partial charge >= 0.3 is 0 Å². The van der Waals surface area contributed by atoms with Crippen molar-refractivity contribution in [3.8, 4) is 5.75 Å². The van der Waals surface area contributed by atoms with Crippen molar-refractivity contribution in [3.05, 3.63) is 45.9 Å². The van der Waals surface area contributed by atoms with Gasteiger partial charge in [0.15, 0.2) is 0 Å². The van der Waals surface area contributed by atoms with Crippen LogP contribution in [-0.4, -0.2) is 11.0 Å². The Morgan fingerprint density at radius 1 is 1.33 bits per heavy atom. The van der Waals surface area contributed by atoms with Crippen LogP contribution in [0.3, 0.4) is 0 Å². The maximum atomic E-state index is 6.00. The summed E-state index contributed by atoms with van der Waals surface area (Å²) in [4.78, 5) is 4.58. The van der Waals surface area contributed by atoms with Crippen molar-refractivity contribution in [1.82, 2.24) is 4.98 Å². The summed E-state index contributed by atoms with van der Waals surface area (Å²) in [6.45, 7) is 6.94. The number of aromatic nitrogens is 1. The van der Waals surface area contributed by atoms with Crippen LogP contribution in [0.2, 0.25) is 0 Å². The summed E-state index contributed by atoms with van der Waals surface area (Å²) in [6, 6.07) is 8.39. The molecule has 1 heterocycles. The molecule has 0 saturated heterocycles. The summed E-state index contributed by atoms with van der Waals surface area (Å²) in [7, 11) is 0. The van der Waals surface area contributed by atoms with Gasteiger partial charge in [-0.25, -0.2) is 4.98 Å². The van der Waals surface area contributed by atoms with Gasteiger partial charge in [-0.15, -0.1) is 11.3 Å². The molecule has 2 rings (SSSR count). The van der Waals surface area contributed by atoms with E-state index < -0.39 is 0 Å². The van der Waals surface area contributed by atoms with Gasteiger partial charge in [-0.3, -0.25) is 0 Å². The number of ether oxygens (including phenoxy) is 1. The van der Waals surface area contributed by atoms with Crippen LogP contribution >= 0.6 is 11.3 Å². The second-order valence-electron chi connectivity index (χ2n) is 5.64. The molecule has 0 bridgehead atoms. The predicted octanol–water partition coefficient (Wildman–Crippen LogP) is 4.13. The van der Waals surface area contributed by atoms with Crippen LogP contribution in [-0.2, 0) is 13.0 Å². The second-order valence-corrected chi connectivity index (χ2v) is 6.53. The highest BCUT2D eigenvalue weighted by Crippen LogP contribution is 2.21. The molecule has 114 valence electrons. The van der Waals surface area contributed by atoms with Crippen molar-refractivity contribution in [3.63, 3.8) is 0 Å². The first kappa shape index (κ1) is 16.0. The standard InChI is InChI=1S/C17H24N2OS/c1-4-14(18)8-13-6-5-7-16(9-13)20-10-15-11-21-17(19-15)12(2)3/h5-7,9,11-12,14H,4,8,10,18H2,1-3H3. The van der Waals surface area contributed by atoms with Crippen LogP contribution in [0, 0.1) is 0 Å². The van der Waals surface area contributed by atoms with Crippen LogP contribution in [0.4, 0.5) is 0 Å². The Hall–Kier alpha value is -1.39. The molecular weight excluding hydrogens is 280 g/mol. The van der Waals surface area contributed by atoms with Gasteiger partial charge in [0.1, 0.15) is 12.4 Å². The third-order valence-corrected chi connectivity index (χ3v) is 4.56. The number of nitrogens with two attached hydrogens (primary N) is 1. The molecule has 2 aromatic rings. The largest absolute Gasteiger partial charge is 0.487 e. The van der Waals surface area contributed by atoms with E-state index in [-0.39, 0.29) is 6.04 Å². The summed E-state index contributed by atoms with van der Waals surface area (Å²) in [6.07, 6.45) is 1.88. The van der Waals surface area contributed by atoms with Gasteiger partial charge in [0, 0.05) is 17.3 Å². The first-order valence-corrected chi connectivity index (χ1v) is 8.38. The van der Waals surface area contributed by atoms with Gasteiger partial charge in [0.05, 0.1) is 10.7 Å². The van der Waals surface area contributed by atoms with Gasteiger partial charge in [0.2, 0.25) is 0 Å². The Labute approximate surface area is 131 Å². The van der Waals surface area contributed by atoms with E-state index in [1.807, 2.05) is 12.1 Å². The van der Waals surface area contributed by atoms with E-state index in [4.69, 9.17) is 10.5 Å². The van der Waals surface area contributed by atoms with Crippen LogP contribution in [0.25, 0.3) is 0 Å². The zero-order valence-electron chi connectivity index (χ0n) is 13.0. The lowest BCUT2D eigenvalue weighted by molar-refractivity contribution is 0.301. The van der Waals surface area contributed by atoms with E-state index >= 15 is 0 Å². The van der Waals surface area contributed by atoms with Crippen LogP contribution < -0.4 is 10.5 Å². The van der Waals surface area contributed by atoms with Gasteiger partial charge in [-0.05, 0) is 30.5 Å². The van der Waals surface area contributed by atoms with Crippen LogP contribution in [0.15, 0.2) is 29.6 Å². The maximum Gasteiger partial charge on any atom is 0.131 e. The van der Waals surface area contributed by atoms with Gasteiger partial charge in [-0.1, -0.05) is 32.9 Å². The highest BCUT2D eigenvalue weighted by Gasteiger charge is 2.07. The van der Waals surface area contributed by atoms with Crippen molar-refractivity contribution in [2.24, 2.45) is 5.73 Å². The molecular formula is C17H24N2OS. The van der Waals surface area contributed by atoms with Crippen LogP contribution in [0.5, 0.6) is 5.75 Å². The number of benzene rings is 1. The molecule has 0 aliphatic rings. The summed E-state index contributed by atoms with van der Waals surface area (Å²) in [5, 5.41) is 3.24.